The van der Waals surface area contributed by atoms with Crippen molar-refractivity contribution in [3.8, 4) is 11.3 Å². The molecule has 0 radical (unpaired) electrons. The second kappa shape index (κ2) is 16.1. The van der Waals surface area contributed by atoms with E-state index in [1.54, 1.807) is 23.4 Å². The maximum absolute atomic E-state index is 14.7. The smallest absolute Gasteiger partial charge is 0.410 e. The highest BCUT2D eigenvalue weighted by molar-refractivity contribution is 6.76. The number of benzene rings is 1. The second-order valence-corrected chi connectivity index (χ2v) is 22.4. The Morgan fingerprint density at radius 3 is 2.34 bits per heavy atom. The van der Waals surface area contributed by atoms with Crippen molar-refractivity contribution in [1.29, 1.82) is 0 Å². The number of fused-ring (bicyclic) bond motifs is 1. The van der Waals surface area contributed by atoms with E-state index in [2.05, 4.69) is 50.8 Å². The van der Waals surface area contributed by atoms with E-state index in [1.165, 1.54) is 0 Å². The molecule has 0 saturated carbocycles. The normalized spacial score (nSPS) is 20.3. The summed E-state index contributed by atoms with van der Waals surface area (Å²) in [5.41, 5.74) is 2.32. The zero-order valence-corrected chi connectivity index (χ0v) is 33.0. The Bertz CT molecular complexity index is 1680. The first kappa shape index (κ1) is 39.3. The predicted octanol–water partition coefficient (Wildman–Crippen LogP) is 7.31. The van der Waals surface area contributed by atoms with Crippen LogP contribution in [-0.2, 0) is 20.9 Å². The minimum Gasteiger partial charge on any atom is -0.444 e. The zero-order chi connectivity index (χ0) is 38.0. The molecule has 0 bridgehead atoms. The van der Waals surface area contributed by atoms with Crippen LogP contribution < -0.4 is 10.2 Å². The number of nitrogens with zero attached hydrogens (tertiary/aromatic N) is 6. The Balaban J connectivity index is 1.16. The topological polar surface area (TPSA) is 97.2 Å². The van der Waals surface area contributed by atoms with Gasteiger partial charge in [0.05, 0.1) is 24.3 Å². The molecular weight excluding hydrogens is 704 g/mol. The maximum atomic E-state index is 14.7. The third-order valence-electron chi connectivity index (χ3n) is 10.4. The van der Waals surface area contributed by atoms with Crippen molar-refractivity contribution in [2.45, 2.75) is 96.3 Å². The number of carbonyl (C=O) groups is 1. The van der Waals surface area contributed by atoms with Crippen molar-refractivity contribution in [2.24, 2.45) is 5.92 Å². The second-order valence-electron chi connectivity index (χ2n) is 16.8. The van der Waals surface area contributed by atoms with Crippen molar-refractivity contribution in [3.63, 3.8) is 0 Å². The van der Waals surface area contributed by atoms with Gasteiger partial charge in [-0.05, 0) is 76.4 Å². The number of carbonyl (C=O) groups excluding carboxylic acids is 1. The van der Waals surface area contributed by atoms with Crippen molar-refractivity contribution < 1.29 is 32.2 Å². The summed E-state index contributed by atoms with van der Waals surface area (Å²) in [5, 5.41) is 3.77. The Labute approximate surface area is 312 Å². The van der Waals surface area contributed by atoms with Gasteiger partial charge in [0.15, 0.2) is 0 Å². The maximum Gasteiger partial charge on any atom is 0.410 e. The van der Waals surface area contributed by atoms with Crippen LogP contribution in [0.25, 0.3) is 22.3 Å². The van der Waals surface area contributed by atoms with E-state index in [1.807, 2.05) is 37.5 Å². The Hall–Kier alpha value is -3.40. The van der Waals surface area contributed by atoms with Crippen molar-refractivity contribution in [1.82, 2.24) is 24.3 Å². The minimum atomic E-state index is -4.42. The molecule has 2 aromatic heterocycles. The third kappa shape index (κ3) is 10.0. The average Bonchev–Trinajstić information content (AvgIpc) is 3.74. The van der Waals surface area contributed by atoms with Gasteiger partial charge in [-0.15, -0.1) is 0 Å². The van der Waals surface area contributed by atoms with Gasteiger partial charge >= 0.3 is 12.3 Å². The van der Waals surface area contributed by atoms with Gasteiger partial charge in [0.25, 0.3) is 0 Å². The van der Waals surface area contributed by atoms with Gasteiger partial charge in [0.2, 0.25) is 0 Å². The standard InChI is InChI=1S/C38H56F3N7O4Si/c1-37(2,3)52-36(49)46-15-12-30(13-16-46)47-14-11-28(24-47)33(38(39,40)41)44-29-9-7-27(8-10-29)32-23-31-34(45-17-19-50-20-18-45)42-25-43-35(31)48(32)26-51-21-22-53(4,5)6/h7-10,23,25,28,30,33,44H,11-22,24,26H2,1-6H3/t28-,33?/m0/s1. The summed E-state index contributed by atoms with van der Waals surface area (Å²) >= 11 is 0. The number of amides is 1. The molecule has 11 nitrogen and oxygen atoms in total. The summed E-state index contributed by atoms with van der Waals surface area (Å²) in [4.78, 5) is 27.9. The fourth-order valence-corrected chi connectivity index (χ4v) is 8.28. The zero-order valence-electron chi connectivity index (χ0n) is 32.0. The number of hydrogen-bond acceptors (Lipinski definition) is 9. The molecular formula is C38H56F3N7O4Si. The number of aromatic nitrogens is 3. The molecule has 5 heterocycles. The molecule has 3 aromatic rings. The minimum absolute atomic E-state index is 0.145. The van der Waals surface area contributed by atoms with Gasteiger partial charge in [-0.2, -0.15) is 13.2 Å². The molecule has 1 unspecified atom stereocenters. The first-order valence-corrected chi connectivity index (χ1v) is 22.7. The Kier molecular flexibility index (Phi) is 12.0. The van der Waals surface area contributed by atoms with Crippen LogP contribution in [0.15, 0.2) is 36.7 Å². The molecule has 3 aliphatic rings. The van der Waals surface area contributed by atoms with E-state index in [0.29, 0.717) is 64.8 Å². The first-order valence-electron chi connectivity index (χ1n) is 19.0. The highest BCUT2D eigenvalue weighted by atomic mass is 28.3. The fraction of sp³-hybridized carbons (Fsp3) is 0.658. The van der Waals surface area contributed by atoms with E-state index < -0.39 is 31.8 Å². The molecule has 15 heteroatoms. The van der Waals surface area contributed by atoms with Gasteiger partial charge in [-0.3, -0.25) is 4.90 Å². The molecule has 53 heavy (non-hydrogen) atoms. The van der Waals surface area contributed by atoms with Gasteiger partial charge < -0.3 is 33.9 Å². The van der Waals surface area contributed by atoms with Crippen LogP contribution in [0.1, 0.15) is 40.0 Å². The van der Waals surface area contributed by atoms with Gasteiger partial charge in [0.1, 0.15) is 36.2 Å². The van der Waals surface area contributed by atoms with Crippen molar-refractivity contribution in [2.75, 3.05) is 69.3 Å². The summed E-state index contributed by atoms with van der Waals surface area (Å²) < 4.78 is 63.3. The molecule has 0 aliphatic carbocycles. The van der Waals surface area contributed by atoms with Crippen molar-refractivity contribution >= 4 is 36.7 Å². The van der Waals surface area contributed by atoms with Crippen LogP contribution in [0.4, 0.5) is 29.5 Å². The van der Waals surface area contributed by atoms with Crippen LogP contribution in [0.5, 0.6) is 0 Å². The van der Waals surface area contributed by atoms with Crippen LogP contribution in [0.2, 0.25) is 25.7 Å². The van der Waals surface area contributed by atoms with Crippen molar-refractivity contribution in [3.05, 3.63) is 36.7 Å². The van der Waals surface area contributed by atoms with Crippen LogP contribution >= 0.6 is 0 Å². The van der Waals surface area contributed by atoms with E-state index in [9.17, 15) is 18.0 Å². The lowest BCUT2D eigenvalue weighted by atomic mass is 9.97. The molecule has 1 aromatic carbocycles. The highest BCUT2D eigenvalue weighted by Gasteiger charge is 2.47. The largest absolute Gasteiger partial charge is 0.444 e. The fourth-order valence-electron chi connectivity index (χ4n) is 7.52. The number of rotatable bonds is 11. The SMILES string of the molecule is CC(C)(C)OC(=O)N1CCC(N2CC[C@H](C(Nc3ccc(-c4cc5c(N6CCOCC6)ncnc5n4COCC[Si](C)(C)C)cc3)C(F)(F)F)C2)CC1. The number of ether oxygens (including phenoxy) is 3. The monoisotopic (exact) mass is 759 g/mol. The molecule has 3 saturated heterocycles. The third-order valence-corrected chi connectivity index (χ3v) is 12.1. The average molecular weight is 760 g/mol. The molecule has 3 aliphatic heterocycles. The van der Waals surface area contributed by atoms with E-state index in [0.717, 1.165) is 60.1 Å². The molecule has 1 amide bonds. The lowest BCUT2D eigenvalue weighted by Gasteiger charge is -2.37. The first-order chi connectivity index (χ1) is 25.1. The van der Waals surface area contributed by atoms with E-state index in [-0.39, 0.29) is 12.1 Å². The van der Waals surface area contributed by atoms with Crippen LogP contribution in [0.3, 0.4) is 0 Å². The summed E-state index contributed by atoms with van der Waals surface area (Å²) in [6.45, 7) is 18.2. The molecule has 292 valence electrons. The van der Waals surface area contributed by atoms with E-state index >= 15 is 0 Å². The number of halogens is 3. The Morgan fingerprint density at radius 2 is 1.70 bits per heavy atom. The van der Waals surface area contributed by atoms with Crippen LogP contribution in [0, 0.1) is 5.92 Å². The number of alkyl halides is 3. The molecule has 1 N–H and O–H groups in total. The van der Waals surface area contributed by atoms with Gasteiger partial charge in [-0.1, -0.05) is 31.8 Å². The Morgan fingerprint density at radius 1 is 1.00 bits per heavy atom. The number of hydrogen-bond donors (Lipinski definition) is 1. The quantitative estimate of drug-likeness (QED) is 0.160. The molecule has 2 atom stereocenters. The van der Waals surface area contributed by atoms with E-state index in [4.69, 9.17) is 14.2 Å². The molecule has 6 rings (SSSR count). The lowest BCUT2D eigenvalue weighted by molar-refractivity contribution is -0.152. The summed E-state index contributed by atoms with van der Waals surface area (Å²) in [6.07, 6.45) is -1.29. The molecule has 3 fully saturated rings. The van der Waals surface area contributed by atoms with Gasteiger partial charge in [0, 0.05) is 65.1 Å². The number of likely N-dealkylation sites (tertiary alicyclic amines) is 2. The summed E-state index contributed by atoms with van der Waals surface area (Å²) in [5.74, 6) is 0.248. The van der Waals surface area contributed by atoms with Gasteiger partial charge in [-0.25, -0.2) is 14.8 Å². The lowest BCUT2D eigenvalue weighted by Crippen LogP contribution is -2.48. The summed E-state index contributed by atoms with van der Waals surface area (Å²) in [7, 11) is -1.30. The number of piperidine rings is 1. The summed E-state index contributed by atoms with van der Waals surface area (Å²) in [6, 6.07) is 8.75. The highest BCUT2D eigenvalue weighted by Crippen LogP contribution is 2.37. The van der Waals surface area contributed by atoms with Crippen LogP contribution in [-0.4, -0.2) is 121 Å². The number of morpholine rings is 1. The number of nitrogens with one attached hydrogen (secondary N) is 1. The predicted molar refractivity (Wildman–Crippen MR) is 204 cm³/mol. The number of anilines is 2. The molecule has 0 spiro atoms.